The van der Waals surface area contributed by atoms with Crippen LogP contribution >= 0.6 is 7.60 Å². The van der Waals surface area contributed by atoms with E-state index >= 15 is 0 Å². The third-order valence-electron chi connectivity index (χ3n) is 0.685. The lowest BCUT2D eigenvalue weighted by molar-refractivity contribution is 0.103. The van der Waals surface area contributed by atoms with Gasteiger partial charge in [-0.2, -0.15) is 0 Å². The lowest BCUT2D eigenvalue weighted by Crippen LogP contribution is -1.98. The largest absolute Gasteiger partial charge is 0.394 e. The van der Waals surface area contributed by atoms with Crippen molar-refractivity contribution in [2.45, 2.75) is 6.92 Å². The number of hydrogen-bond donors (Lipinski definition) is 1. The number of nitrogens with zero attached hydrogens (tertiary/aromatic N) is 1. The summed E-state index contributed by atoms with van der Waals surface area (Å²) in [4.78, 5) is 13.2. The Morgan fingerprint density at radius 2 is 2.27 bits per heavy atom. The van der Waals surface area contributed by atoms with Crippen LogP contribution in [0.2, 0.25) is 0 Å². The molecule has 0 aliphatic heterocycles. The molecule has 0 saturated carbocycles. The summed E-state index contributed by atoms with van der Waals surface area (Å²) >= 11 is 0. The van der Waals surface area contributed by atoms with Crippen LogP contribution in [0.25, 0.3) is 0 Å². The third-order valence-corrected chi connectivity index (χ3v) is 1.35. The Kier molecular flexibility index (Phi) is 5.11. The predicted octanol–water partition coefficient (Wildman–Crippen LogP) is 0.841. The second-order valence-electron chi connectivity index (χ2n) is 1.83. The van der Waals surface area contributed by atoms with Gasteiger partial charge in [0.1, 0.15) is 6.61 Å². The summed E-state index contributed by atoms with van der Waals surface area (Å²) in [6.07, 6.45) is 1.48. The summed E-state index contributed by atoms with van der Waals surface area (Å²) in [7, 11) is -3.35. The molecule has 0 heterocycles. The highest BCUT2D eigenvalue weighted by atomic mass is 31.2. The maximum Gasteiger partial charge on any atom is 0.325 e. The van der Waals surface area contributed by atoms with Crippen LogP contribution in [0.1, 0.15) is 6.92 Å². The molecule has 1 unspecified atom stereocenters. The Morgan fingerprint density at radius 3 is 2.73 bits per heavy atom. The molecule has 0 bridgehead atoms. The lowest BCUT2D eigenvalue weighted by atomic mass is 10.8. The van der Waals surface area contributed by atoms with Crippen LogP contribution in [-0.4, -0.2) is 31.0 Å². The van der Waals surface area contributed by atoms with E-state index in [0.717, 1.165) is 6.66 Å². The first-order chi connectivity index (χ1) is 5.06. The molecule has 6 heteroatoms. The van der Waals surface area contributed by atoms with Crippen molar-refractivity contribution in [2.75, 3.05) is 19.9 Å². The normalized spacial score (nSPS) is 16.6. The SMILES string of the molecule is CC=NOCCOP(C)(=O)O. The molecule has 11 heavy (non-hydrogen) atoms. The molecule has 1 atom stereocenters. The number of rotatable bonds is 5. The third kappa shape index (κ3) is 9.62. The van der Waals surface area contributed by atoms with E-state index < -0.39 is 7.60 Å². The van der Waals surface area contributed by atoms with Crippen LogP contribution in [0.15, 0.2) is 5.16 Å². The van der Waals surface area contributed by atoms with Crippen molar-refractivity contribution in [1.29, 1.82) is 0 Å². The van der Waals surface area contributed by atoms with Crippen molar-refractivity contribution >= 4 is 13.8 Å². The first-order valence-corrected chi connectivity index (χ1v) is 5.13. The van der Waals surface area contributed by atoms with Crippen LogP contribution in [0.5, 0.6) is 0 Å². The van der Waals surface area contributed by atoms with Crippen LogP contribution < -0.4 is 0 Å². The average Bonchev–Trinajstić information content (AvgIpc) is 1.85. The van der Waals surface area contributed by atoms with Gasteiger partial charge >= 0.3 is 7.60 Å². The quantitative estimate of drug-likeness (QED) is 0.295. The molecular formula is C5H12NO4P. The van der Waals surface area contributed by atoms with E-state index in [1.807, 2.05) is 0 Å². The molecule has 0 aromatic rings. The van der Waals surface area contributed by atoms with Crippen molar-refractivity contribution in [3.8, 4) is 0 Å². The molecule has 1 N–H and O–H groups in total. The van der Waals surface area contributed by atoms with Gasteiger partial charge in [-0.15, -0.1) is 0 Å². The maximum absolute atomic E-state index is 10.5. The van der Waals surface area contributed by atoms with Gasteiger partial charge in [0.05, 0.1) is 6.61 Å². The molecule has 0 aliphatic carbocycles. The van der Waals surface area contributed by atoms with E-state index in [2.05, 4.69) is 14.5 Å². The van der Waals surface area contributed by atoms with E-state index in [1.54, 1.807) is 6.92 Å². The molecule has 0 fully saturated rings. The van der Waals surface area contributed by atoms with E-state index in [0.29, 0.717) is 0 Å². The fourth-order valence-electron chi connectivity index (χ4n) is 0.371. The van der Waals surface area contributed by atoms with Crippen molar-refractivity contribution < 1.29 is 18.8 Å². The van der Waals surface area contributed by atoms with Crippen molar-refractivity contribution in [3.63, 3.8) is 0 Å². The Bertz CT molecular complexity index is 164. The van der Waals surface area contributed by atoms with Crippen molar-refractivity contribution in [2.24, 2.45) is 5.16 Å². The standard InChI is InChI=1S/C5H12NO4P/c1-3-6-9-4-5-10-11(2,7)8/h3H,4-5H2,1-2H3,(H,7,8). The van der Waals surface area contributed by atoms with Crippen LogP contribution in [-0.2, 0) is 13.9 Å². The molecule has 66 valence electrons. The first kappa shape index (κ1) is 10.6. The van der Waals surface area contributed by atoms with E-state index in [9.17, 15) is 4.57 Å². The minimum Gasteiger partial charge on any atom is -0.394 e. The molecule has 0 aromatic heterocycles. The highest BCUT2D eigenvalue weighted by Crippen LogP contribution is 2.35. The average molecular weight is 181 g/mol. The Morgan fingerprint density at radius 1 is 1.64 bits per heavy atom. The second-order valence-corrected chi connectivity index (χ2v) is 3.70. The zero-order valence-corrected chi connectivity index (χ0v) is 7.45. The highest BCUT2D eigenvalue weighted by molar-refractivity contribution is 7.51. The first-order valence-electron chi connectivity index (χ1n) is 3.11. The Labute approximate surface area is 65.5 Å². The molecule has 0 aliphatic rings. The highest BCUT2D eigenvalue weighted by Gasteiger charge is 2.08. The summed E-state index contributed by atoms with van der Waals surface area (Å²) < 4.78 is 15.0. The summed E-state index contributed by atoms with van der Waals surface area (Å²) in [5.41, 5.74) is 0. The molecule has 0 saturated heterocycles. The lowest BCUT2D eigenvalue weighted by Gasteiger charge is -2.04. The predicted molar refractivity (Wildman–Crippen MR) is 41.8 cm³/mol. The summed E-state index contributed by atoms with van der Waals surface area (Å²) in [5.74, 6) is 0. The molecule has 0 radical (unpaired) electrons. The van der Waals surface area contributed by atoms with Gasteiger partial charge in [0.25, 0.3) is 0 Å². The molecule has 0 aromatic carbocycles. The van der Waals surface area contributed by atoms with Crippen molar-refractivity contribution in [1.82, 2.24) is 0 Å². The van der Waals surface area contributed by atoms with Crippen LogP contribution in [0, 0.1) is 0 Å². The van der Waals surface area contributed by atoms with Crippen molar-refractivity contribution in [3.05, 3.63) is 0 Å². The minimum atomic E-state index is -3.35. The maximum atomic E-state index is 10.5. The smallest absolute Gasteiger partial charge is 0.325 e. The van der Waals surface area contributed by atoms with E-state index in [-0.39, 0.29) is 13.2 Å². The monoisotopic (exact) mass is 181 g/mol. The van der Waals surface area contributed by atoms with Crippen LogP contribution in [0.4, 0.5) is 0 Å². The van der Waals surface area contributed by atoms with Gasteiger partial charge in [0.15, 0.2) is 0 Å². The Balaban J connectivity index is 3.22. The van der Waals surface area contributed by atoms with Gasteiger partial charge in [0, 0.05) is 12.9 Å². The summed E-state index contributed by atoms with van der Waals surface area (Å²) in [6, 6.07) is 0. The van der Waals surface area contributed by atoms with Gasteiger partial charge < -0.3 is 14.3 Å². The van der Waals surface area contributed by atoms with Crippen LogP contribution in [0.3, 0.4) is 0 Å². The topological polar surface area (TPSA) is 68.1 Å². The molecule has 0 spiro atoms. The minimum absolute atomic E-state index is 0.0710. The number of hydrogen-bond acceptors (Lipinski definition) is 4. The van der Waals surface area contributed by atoms with E-state index in [1.165, 1.54) is 6.21 Å². The number of oxime groups is 1. The second kappa shape index (κ2) is 5.29. The van der Waals surface area contributed by atoms with Gasteiger partial charge in [-0.1, -0.05) is 5.16 Å². The molecule has 0 amide bonds. The van der Waals surface area contributed by atoms with Gasteiger partial charge in [-0.05, 0) is 6.92 Å². The fourth-order valence-corrected chi connectivity index (χ4v) is 0.784. The summed E-state index contributed by atoms with van der Waals surface area (Å²) in [5, 5.41) is 3.42. The summed E-state index contributed by atoms with van der Waals surface area (Å²) in [6.45, 7) is 3.08. The molecule has 5 nitrogen and oxygen atoms in total. The van der Waals surface area contributed by atoms with Gasteiger partial charge in [0.2, 0.25) is 0 Å². The van der Waals surface area contributed by atoms with Gasteiger partial charge in [-0.3, -0.25) is 4.57 Å². The van der Waals surface area contributed by atoms with Gasteiger partial charge in [-0.25, -0.2) is 0 Å². The Hall–Kier alpha value is -0.380. The zero-order valence-electron chi connectivity index (χ0n) is 6.56. The molecule has 0 rings (SSSR count). The zero-order chi connectivity index (χ0) is 8.74. The fraction of sp³-hybridized carbons (Fsp3) is 0.800. The molecular weight excluding hydrogens is 169 g/mol. The van der Waals surface area contributed by atoms with E-state index in [4.69, 9.17) is 4.89 Å².